The number of nitrogens with zero attached hydrogens (tertiary/aromatic N) is 1. The zero-order valence-corrected chi connectivity index (χ0v) is 14.2. The summed E-state index contributed by atoms with van der Waals surface area (Å²) in [4.78, 5) is 0.369. The van der Waals surface area contributed by atoms with Gasteiger partial charge in [-0.3, -0.25) is 0 Å². The van der Waals surface area contributed by atoms with E-state index in [4.69, 9.17) is 4.74 Å². The van der Waals surface area contributed by atoms with Gasteiger partial charge in [0.05, 0.1) is 17.6 Å². The van der Waals surface area contributed by atoms with Crippen molar-refractivity contribution < 1.29 is 17.5 Å². The van der Waals surface area contributed by atoms with E-state index < -0.39 is 10.0 Å². The SMILES string of the molecule is O=S(=O)(c1ccsc1)N1CCC(OCc2ccc(F)cc2)CC1. The molecule has 0 aliphatic carbocycles. The molecule has 0 amide bonds. The largest absolute Gasteiger partial charge is 0.373 e. The molecule has 0 radical (unpaired) electrons. The summed E-state index contributed by atoms with van der Waals surface area (Å²) in [5.74, 6) is -0.263. The van der Waals surface area contributed by atoms with Crippen molar-refractivity contribution in [2.45, 2.75) is 30.4 Å². The fraction of sp³-hybridized carbons (Fsp3) is 0.375. The molecule has 124 valence electrons. The van der Waals surface area contributed by atoms with Crippen molar-refractivity contribution in [1.29, 1.82) is 0 Å². The summed E-state index contributed by atoms with van der Waals surface area (Å²) < 4.78 is 45.0. The van der Waals surface area contributed by atoms with Crippen LogP contribution in [0, 0.1) is 5.82 Å². The molecule has 0 unspecified atom stereocenters. The van der Waals surface area contributed by atoms with Gasteiger partial charge in [-0.2, -0.15) is 15.6 Å². The van der Waals surface area contributed by atoms with Crippen molar-refractivity contribution in [2.75, 3.05) is 13.1 Å². The molecule has 0 saturated carbocycles. The summed E-state index contributed by atoms with van der Waals surface area (Å²) in [7, 11) is -3.37. The highest BCUT2D eigenvalue weighted by atomic mass is 32.2. The Hall–Kier alpha value is -1.28. The van der Waals surface area contributed by atoms with E-state index in [1.54, 1.807) is 29.0 Å². The quantitative estimate of drug-likeness (QED) is 0.827. The van der Waals surface area contributed by atoms with Crippen LogP contribution in [0.3, 0.4) is 0 Å². The van der Waals surface area contributed by atoms with Gasteiger partial charge in [-0.15, -0.1) is 0 Å². The lowest BCUT2D eigenvalue weighted by atomic mass is 10.1. The highest BCUT2D eigenvalue weighted by Gasteiger charge is 2.29. The van der Waals surface area contributed by atoms with Gasteiger partial charge < -0.3 is 4.74 Å². The van der Waals surface area contributed by atoms with Crippen LogP contribution in [0.1, 0.15) is 18.4 Å². The van der Waals surface area contributed by atoms with E-state index in [2.05, 4.69) is 0 Å². The van der Waals surface area contributed by atoms with Gasteiger partial charge in [0, 0.05) is 18.5 Å². The molecule has 1 saturated heterocycles. The van der Waals surface area contributed by atoms with Gasteiger partial charge in [0.1, 0.15) is 5.82 Å². The zero-order chi connectivity index (χ0) is 16.3. The lowest BCUT2D eigenvalue weighted by molar-refractivity contribution is 0.0102. The number of rotatable bonds is 5. The van der Waals surface area contributed by atoms with E-state index in [0.29, 0.717) is 37.4 Å². The molecule has 1 aromatic carbocycles. The Kier molecular flexibility index (Phi) is 5.11. The Labute approximate surface area is 139 Å². The van der Waals surface area contributed by atoms with Crippen LogP contribution in [0.15, 0.2) is 46.0 Å². The van der Waals surface area contributed by atoms with Gasteiger partial charge in [0.25, 0.3) is 0 Å². The summed E-state index contributed by atoms with van der Waals surface area (Å²) >= 11 is 1.38. The first-order chi connectivity index (χ1) is 11.1. The number of hydrogen-bond donors (Lipinski definition) is 0. The lowest BCUT2D eigenvalue weighted by Crippen LogP contribution is -2.40. The first kappa shape index (κ1) is 16.6. The van der Waals surface area contributed by atoms with E-state index in [9.17, 15) is 12.8 Å². The fourth-order valence-electron chi connectivity index (χ4n) is 2.58. The molecule has 0 bridgehead atoms. The number of benzene rings is 1. The monoisotopic (exact) mass is 355 g/mol. The summed E-state index contributed by atoms with van der Waals surface area (Å²) in [6, 6.07) is 7.86. The fourth-order valence-corrected chi connectivity index (χ4v) is 5.07. The van der Waals surface area contributed by atoms with Gasteiger partial charge in [-0.1, -0.05) is 12.1 Å². The Morgan fingerprint density at radius 3 is 2.48 bits per heavy atom. The topological polar surface area (TPSA) is 46.6 Å². The van der Waals surface area contributed by atoms with Gasteiger partial charge in [0.2, 0.25) is 10.0 Å². The molecule has 1 aromatic heterocycles. The molecule has 1 aliphatic rings. The summed E-state index contributed by atoms with van der Waals surface area (Å²) in [6.45, 7) is 1.35. The van der Waals surface area contributed by atoms with Crippen molar-refractivity contribution in [2.24, 2.45) is 0 Å². The van der Waals surface area contributed by atoms with Crippen LogP contribution in [0.5, 0.6) is 0 Å². The first-order valence-electron chi connectivity index (χ1n) is 7.44. The third kappa shape index (κ3) is 3.98. The van der Waals surface area contributed by atoms with Crippen LogP contribution in [0.4, 0.5) is 4.39 Å². The Balaban J connectivity index is 1.51. The van der Waals surface area contributed by atoms with Crippen molar-refractivity contribution in [3.05, 3.63) is 52.5 Å². The summed E-state index contributed by atoms with van der Waals surface area (Å²) in [5.41, 5.74) is 0.916. The predicted molar refractivity (Wildman–Crippen MR) is 87.3 cm³/mol. The van der Waals surface area contributed by atoms with E-state index >= 15 is 0 Å². The number of hydrogen-bond acceptors (Lipinski definition) is 4. The molecule has 0 atom stereocenters. The minimum Gasteiger partial charge on any atom is -0.373 e. The minimum absolute atomic E-state index is 0.0361. The second-order valence-electron chi connectivity index (χ2n) is 5.50. The molecular formula is C16H18FNO3S2. The van der Waals surface area contributed by atoms with Gasteiger partial charge in [-0.25, -0.2) is 12.8 Å². The maximum Gasteiger partial charge on any atom is 0.243 e. The van der Waals surface area contributed by atoms with Gasteiger partial charge in [0.15, 0.2) is 0 Å². The van der Waals surface area contributed by atoms with Crippen LogP contribution in [-0.4, -0.2) is 31.9 Å². The van der Waals surface area contributed by atoms with Gasteiger partial charge >= 0.3 is 0 Å². The third-order valence-corrected chi connectivity index (χ3v) is 6.66. The molecular weight excluding hydrogens is 337 g/mol. The minimum atomic E-state index is -3.37. The summed E-state index contributed by atoms with van der Waals surface area (Å²) in [5, 5.41) is 3.43. The van der Waals surface area contributed by atoms with Crippen LogP contribution < -0.4 is 0 Å². The zero-order valence-electron chi connectivity index (χ0n) is 12.5. The van der Waals surface area contributed by atoms with Crippen LogP contribution in [-0.2, 0) is 21.4 Å². The number of piperidine rings is 1. The second kappa shape index (κ2) is 7.09. The molecule has 3 rings (SSSR count). The smallest absolute Gasteiger partial charge is 0.243 e. The van der Waals surface area contributed by atoms with Gasteiger partial charge in [-0.05, 0) is 42.0 Å². The summed E-state index contributed by atoms with van der Waals surface area (Å²) in [6.07, 6.45) is 1.38. The third-order valence-electron chi connectivity index (χ3n) is 3.93. The molecule has 7 heteroatoms. The highest BCUT2D eigenvalue weighted by Crippen LogP contribution is 2.24. The standard InChI is InChI=1S/C16H18FNO3S2/c17-14-3-1-13(2-4-14)11-21-15-5-8-18(9-6-15)23(19,20)16-7-10-22-12-16/h1-4,7,10,12,15H,5-6,8-9,11H2. The molecule has 2 aromatic rings. The maximum absolute atomic E-state index is 12.9. The average molecular weight is 355 g/mol. The van der Waals surface area contributed by atoms with Crippen molar-refractivity contribution >= 4 is 21.4 Å². The Morgan fingerprint density at radius 1 is 1.17 bits per heavy atom. The molecule has 23 heavy (non-hydrogen) atoms. The van der Waals surface area contributed by atoms with E-state index in [0.717, 1.165) is 5.56 Å². The molecule has 0 spiro atoms. The second-order valence-corrected chi connectivity index (χ2v) is 8.22. The van der Waals surface area contributed by atoms with Crippen molar-refractivity contribution in [3.8, 4) is 0 Å². The van der Waals surface area contributed by atoms with E-state index in [-0.39, 0.29) is 11.9 Å². The predicted octanol–water partition coefficient (Wildman–Crippen LogP) is 3.26. The van der Waals surface area contributed by atoms with Crippen LogP contribution >= 0.6 is 11.3 Å². The first-order valence-corrected chi connectivity index (χ1v) is 9.82. The number of ether oxygens (including phenoxy) is 1. The average Bonchev–Trinajstić information content (AvgIpc) is 3.10. The number of halogens is 1. The Morgan fingerprint density at radius 2 is 1.87 bits per heavy atom. The van der Waals surface area contributed by atoms with E-state index in [1.165, 1.54) is 27.8 Å². The van der Waals surface area contributed by atoms with Crippen molar-refractivity contribution in [1.82, 2.24) is 4.31 Å². The number of sulfonamides is 1. The maximum atomic E-state index is 12.9. The molecule has 1 fully saturated rings. The van der Waals surface area contributed by atoms with Crippen molar-refractivity contribution in [3.63, 3.8) is 0 Å². The highest BCUT2D eigenvalue weighted by molar-refractivity contribution is 7.89. The molecule has 4 nitrogen and oxygen atoms in total. The number of thiophene rings is 1. The van der Waals surface area contributed by atoms with Crippen LogP contribution in [0.25, 0.3) is 0 Å². The molecule has 2 heterocycles. The molecule has 0 N–H and O–H groups in total. The normalized spacial score (nSPS) is 17.4. The molecule has 1 aliphatic heterocycles. The lowest BCUT2D eigenvalue weighted by Gasteiger charge is -2.31. The Bertz CT molecular complexity index is 721. The van der Waals surface area contributed by atoms with Crippen LogP contribution in [0.2, 0.25) is 0 Å². The van der Waals surface area contributed by atoms with E-state index in [1.807, 2.05) is 0 Å².